The molecule has 0 fully saturated rings. The zero-order valence-electron chi connectivity index (χ0n) is 14.4. The van der Waals surface area contributed by atoms with Crippen LogP contribution in [0, 0.1) is 22.8 Å². The number of pyridine rings is 1. The number of nitriles is 2. The van der Waals surface area contributed by atoms with Crippen LogP contribution in [-0.4, -0.2) is 10.9 Å². The average molecular weight is 346 g/mol. The molecule has 1 aliphatic heterocycles. The maximum Gasteiger partial charge on any atom is 0.211 e. The largest absolute Gasteiger partial charge is 0.397 e. The SMILES string of the molecule is CC(C)c1ccc(C2N=C(NC#N)Nc3nc(N)c(C#N)c(N)c32)cc1. The molecule has 0 spiro atoms. The maximum atomic E-state index is 9.33. The summed E-state index contributed by atoms with van der Waals surface area (Å²) in [6.07, 6.45) is 1.83. The van der Waals surface area contributed by atoms with Gasteiger partial charge in [-0.15, -0.1) is 0 Å². The molecule has 0 amide bonds. The van der Waals surface area contributed by atoms with E-state index in [2.05, 4.69) is 34.5 Å². The quantitative estimate of drug-likeness (QED) is 0.481. The van der Waals surface area contributed by atoms with Crippen molar-refractivity contribution in [2.24, 2.45) is 4.99 Å². The number of hydrogen-bond acceptors (Lipinski definition) is 8. The molecule has 0 bridgehead atoms. The van der Waals surface area contributed by atoms with Gasteiger partial charge in [0.15, 0.2) is 6.19 Å². The van der Waals surface area contributed by atoms with E-state index in [4.69, 9.17) is 16.7 Å². The molecule has 1 atom stereocenters. The van der Waals surface area contributed by atoms with E-state index in [1.54, 1.807) is 0 Å². The van der Waals surface area contributed by atoms with Gasteiger partial charge in [-0.3, -0.25) is 5.32 Å². The molecule has 2 heterocycles. The number of guanidine groups is 1. The van der Waals surface area contributed by atoms with Crippen molar-refractivity contribution in [2.45, 2.75) is 25.8 Å². The highest BCUT2D eigenvalue weighted by atomic mass is 15.2. The van der Waals surface area contributed by atoms with E-state index >= 15 is 0 Å². The highest BCUT2D eigenvalue weighted by molar-refractivity contribution is 5.98. The molecule has 1 unspecified atom stereocenters. The summed E-state index contributed by atoms with van der Waals surface area (Å²) in [6.45, 7) is 4.23. The minimum Gasteiger partial charge on any atom is -0.397 e. The second-order valence-electron chi connectivity index (χ2n) is 6.22. The van der Waals surface area contributed by atoms with Gasteiger partial charge in [0.05, 0.1) is 5.69 Å². The number of hydrogen-bond donors (Lipinski definition) is 4. The van der Waals surface area contributed by atoms with Gasteiger partial charge in [0.25, 0.3) is 0 Å². The number of nitrogens with zero attached hydrogens (tertiary/aromatic N) is 4. The summed E-state index contributed by atoms with van der Waals surface area (Å²) in [6, 6.07) is 9.46. The molecule has 2 aromatic rings. The number of nitrogens with two attached hydrogens (primary N) is 2. The lowest BCUT2D eigenvalue weighted by atomic mass is 9.93. The highest BCUT2D eigenvalue weighted by Gasteiger charge is 2.29. The van der Waals surface area contributed by atoms with E-state index < -0.39 is 6.04 Å². The summed E-state index contributed by atoms with van der Waals surface area (Å²) >= 11 is 0. The number of aliphatic imine (C=N–C) groups is 1. The molecule has 8 heteroatoms. The monoisotopic (exact) mass is 346 g/mol. The number of benzene rings is 1. The Kier molecular flexibility index (Phi) is 4.34. The third-order valence-corrected chi connectivity index (χ3v) is 4.28. The molecule has 3 rings (SSSR count). The number of nitrogens with one attached hydrogen (secondary N) is 2. The van der Waals surface area contributed by atoms with Crippen LogP contribution in [0.1, 0.15) is 48.1 Å². The number of anilines is 3. The highest BCUT2D eigenvalue weighted by Crippen LogP contribution is 2.40. The van der Waals surface area contributed by atoms with Gasteiger partial charge in [0.1, 0.15) is 29.3 Å². The van der Waals surface area contributed by atoms with Crippen LogP contribution < -0.4 is 22.1 Å². The second-order valence-corrected chi connectivity index (χ2v) is 6.22. The molecule has 1 aromatic carbocycles. The van der Waals surface area contributed by atoms with E-state index in [-0.39, 0.29) is 23.0 Å². The molecule has 130 valence electrons. The molecule has 6 N–H and O–H groups in total. The van der Waals surface area contributed by atoms with E-state index in [9.17, 15) is 5.26 Å². The van der Waals surface area contributed by atoms with Crippen molar-refractivity contribution in [3.63, 3.8) is 0 Å². The Bertz CT molecular complexity index is 961. The van der Waals surface area contributed by atoms with Gasteiger partial charge in [0, 0.05) is 5.56 Å². The van der Waals surface area contributed by atoms with E-state index in [1.807, 2.05) is 36.5 Å². The number of fused-ring (bicyclic) bond motifs is 1. The molecule has 0 saturated heterocycles. The Balaban J connectivity index is 2.18. The van der Waals surface area contributed by atoms with Crippen molar-refractivity contribution in [3.05, 3.63) is 46.5 Å². The van der Waals surface area contributed by atoms with Gasteiger partial charge in [-0.2, -0.15) is 10.5 Å². The average Bonchev–Trinajstić information content (AvgIpc) is 2.61. The Hall–Kier alpha value is -3.78. The minimum absolute atomic E-state index is 0.0309. The Morgan fingerprint density at radius 1 is 1.19 bits per heavy atom. The van der Waals surface area contributed by atoms with Gasteiger partial charge < -0.3 is 16.8 Å². The van der Waals surface area contributed by atoms with Crippen LogP contribution in [0.3, 0.4) is 0 Å². The van der Waals surface area contributed by atoms with Crippen molar-refractivity contribution in [1.82, 2.24) is 10.3 Å². The van der Waals surface area contributed by atoms with Crippen LogP contribution in [0.5, 0.6) is 0 Å². The first-order valence-electron chi connectivity index (χ1n) is 8.05. The summed E-state index contributed by atoms with van der Waals surface area (Å²) < 4.78 is 0. The third kappa shape index (κ3) is 2.85. The zero-order chi connectivity index (χ0) is 18.8. The van der Waals surface area contributed by atoms with E-state index in [0.29, 0.717) is 17.3 Å². The number of rotatable bonds is 2. The lowest BCUT2D eigenvalue weighted by Crippen LogP contribution is -2.32. The standard InChI is InChI=1S/C18H18N8/c1-9(2)10-3-5-11(6-4-10)15-13-14(21)12(7-19)16(22)25-17(13)26-18(24-15)23-8-20/h3-6,9,15H,1-2H3,(H6,21,22,23,24,25,26). The maximum absolute atomic E-state index is 9.33. The number of aromatic nitrogens is 1. The predicted molar refractivity (Wildman–Crippen MR) is 100.0 cm³/mol. The van der Waals surface area contributed by atoms with Gasteiger partial charge in [-0.1, -0.05) is 38.1 Å². The molecular weight excluding hydrogens is 328 g/mol. The molecule has 1 aliphatic rings. The van der Waals surface area contributed by atoms with Crippen molar-refractivity contribution in [2.75, 3.05) is 16.8 Å². The number of nitrogen functional groups attached to an aromatic ring is 2. The van der Waals surface area contributed by atoms with Crippen LogP contribution in [0.4, 0.5) is 17.3 Å². The Morgan fingerprint density at radius 2 is 1.88 bits per heavy atom. The van der Waals surface area contributed by atoms with Crippen molar-refractivity contribution in [3.8, 4) is 12.3 Å². The summed E-state index contributed by atoms with van der Waals surface area (Å²) in [5.41, 5.74) is 15.0. The van der Waals surface area contributed by atoms with Gasteiger partial charge in [-0.05, 0) is 17.0 Å². The summed E-state index contributed by atoms with van der Waals surface area (Å²) in [7, 11) is 0. The smallest absolute Gasteiger partial charge is 0.211 e. The molecule has 26 heavy (non-hydrogen) atoms. The van der Waals surface area contributed by atoms with Crippen LogP contribution in [0.25, 0.3) is 0 Å². The molecule has 0 aliphatic carbocycles. The molecular formula is C18H18N8. The Labute approximate surface area is 151 Å². The fraction of sp³-hybridized carbons (Fsp3) is 0.222. The summed E-state index contributed by atoms with van der Waals surface area (Å²) in [4.78, 5) is 8.76. The van der Waals surface area contributed by atoms with Crippen LogP contribution in [0.15, 0.2) is 29.3 Å². The first-order chi connectivity index (χ1) is 12.5. The molecule has 8 nitrogen and oxygen atoms in total. The van der Waals surface area contributed by atoms with Crippen molar-refractivity contribution >= 4 is 23.3 Å². The second kappa shape index (κ2) is 6.61. The Morgan fingerprint density at radius 3 is 2.46 bits per heavy atom. The van der Waals surface area contributed by atoms with E-state index in [0.717, 1.165) is 5.56 Å². The summed E-state index contributed by atoms with van der Waals surface area (Å²) in [5.74, 6) is 1.06. The van der Waals surface area contributed by atoms with Crippen LogP contribution >= 0.6 is 0 Å². The van der Waals surface area contributed by atoms with Gasteiger partial charge in [0.2, 0.25) is 5.96 Å². The normalized spacial score (nSPS) is 15.3. The molecule has 0 saturated carbocycles. The predicted octanol–water partition coefficient (Wildman–Crippen LogP) is 2.18. The lowest BCUT2D eigenvalue weighted by Gasteiger charge is -2.26. The van der Waals surface area contributed by atoms with Crippen molar-refractivity contribution < 1.29 is 0 Å². The van der Waals surface area contributed by atoms with Crippen LogP contribution in [-0.2, 0) is 0 Å². The summed E-state index contributed by atoms with van der Waals surface area (Å²) in [5, 5.41) is 23.6. The van der Waals surface area contributed by atoms with Crippen LogP contribution in [0.2, 0.25) is 0 Å². The van der Waals surface area contributed by atoms with Gasteiger partial charge in [-0.25, -0.2) is 9.98 Å². The van der Waals surface area contributed by atoms with Gasteiger partial charge >= 0.3 is 0 Å². The third-order valence-electron chi connectivity index (χ3n) is 4.28. The fourth-order valence-electron chi connectivity index (χ4n) is 2.89. The molecule has 0 radical (unpaired) electrons. The first-order valence-corrected chi connectivity index (χ1v) is 8.05. The topological polar surface area (TPSA) is 149 Å². The van der Waals surface area contributed by atoms with E-state index in [1.165, 1.54) is 5.56 Å². The lowest BCUT2D eigenvalue weighted by molar-refractivity contribution is 0.834. The van der Waals surface area contributed by atoms with Crippen molar-refractivity contribution in [1.29, 1.82) is 10.5 Å². The minimum atomic E-state index is -0.511. The fourth-order valence-corrected chi connectivity index (χ4v) is 2.89. The first kappa shape index (κ1) is 17.1. The molecule has 1 aromatic heterocycles. The zero-order valence-corrected chi connectivity index (χ0v) is 14.4.